The predicted molar refractivity (Wildman–Crippen MR) is 354 cm³/mol. The quantitative estimate of drug-likeness (QED) is 0.157. The van der Waals surface area contributed by atoms with Gasteiger partial charge in [-0.1, -0.05) is 188 Å². The maximum absolute atomic E-state index is 10.3. The lowest BCUT2D eigenvalue weighted by atomic mass is 9.97. The van der Waals surface area contributed by atoms with Crippen LogP contribution >= 0.6 is 0 Å². The lowest BCUT2D eigenvalue weighted by Crippen LogP contribution is -2.14. The second-order valence-electron chi connectivity index (χ2n) is 22.3. The Balaban J connectivity index is 1.05. The minimum absolute atomic E-state index is 0.604. The van der Waals surface area contributed by atoms with Crippen molar-refractivity contribution in [1.82, 2.24) is 22.8 Å². The van der Waals surface area contributed by atoms with Crippen molar-refractivity contribution >= 4 is 109 Å². The maximum atomic E-state index is 10.3. The first-order valence-corrected chi connectivity index (χ1v) is 29.0. The molecule has 0 spiro atoms. The minimum atomic E-state index is 0.604. The smallest absolute Gasteiger partial charge is 0.0991 e. The summed E-state index contributed by atoms with van der Waals surface area (Å²) in [7, 11) is 0. The predicted octanol–water partition coefficient (Wildman–Crippen LogP) is 20.4. The van der Waals surface area contributed by atoms with Gasteiger partial charge in [0, 0.05) is 65.1 Å². The molecule has 0 atom stereocenters. The van der Waals surface area contributed by atoms with Crippen LogP contribution in [-0.4, -0.2) is 22.8 Å². The van der Waals surface area contributed by atoms with Crippen LogP contribution in [0.4, 0.5) is 0 Å². The van der Waals surface area contributed by atoms with E-state index in [2.05, 4.69) is 308 Å². The Morgan fingerprint density at radius 2 is 0.529 bits per heavy atom. The van der Waals surface area contributed by atoms with E-state index in [9.17, 15) is 5.26 Å². The molecule has 0 radical (unpaired) electrons. The molecule has 0 amide bonds. The zero-order valence-electron chi connectivity index (χ0n) is 45.9. The van der Waals surface area contributed by atoms with Crippen LogP contribution in [-0.2, 0) is 0 Å². The van der Waals surface area contributed by atoms with Gasteiger partial charge in [0.25, 0.3) is 0 Å². The van der Waals surface area contributed by atoms with Gasteiger partial charge in [0.05, 0.1) is 89.5 Å². The first-order chi connectivity index (χ1) is 42.2. The Morgan fingerprint density at radius 1 is 0.224 bits per heavy atom. The van der Waals surface area contributed by atoms with Gasteiger partial charge in [0.1, 0.15) is 0 Å². The zero-order chi connectivity index (χ0) is 55.9. The van der Waals surface area contributed by atoms with Crippen LogP contribution in [0.25, 0.3) is 160 Å². The molecule has 0 aliphatic carbocycles. The summed E-state index contributed by atoms with van der Waals surface area (Å²) < 4.78 is 12.5. The van der Waals surface area contributed by atoms with E-state index in [-0.39, 0.29) is 0 Å². The average Bonchev–Trinajstić information content (AvgIpc) is 2.51. The standard InChI is InChI=1S/C79H48N6/c80-49-50-38-40-51(41-39-50)63-48-76(82-67-31-13-4-22-55(67)56-23-5-14-32-68(56)82)78(79(85-71-35-17-8-26-59(71)60-27-9-18-36-72(60)85)77(63)83-69-33-15-6-24-57(69)58-25-7-16-34-70(58)83)84-73-37-19-11-29-62(73)65-47-53(43-45-75(65)84)52-42-44-74-64(46-52)61-28-10-12-30-66(61)81(74)54-20-2-1-3-21-54/h1-48H. The fourth-order valence-corrected chi connectivity index (χ4v) is 14.3. The molecule has 85 heavy (non-hydrogen) atoms. The van der Waals surface area contributed by atoms with E-state index in [0.29, 0.717) is 5.56 Å². The van der Waals surface area contributed by atoms with Crippen LogP contribution in [0.2, 0.25) is 0 Å². The van der Waals surface area contributed by atoms with E-state index >= 15 is 0 Å². The van der Waals surface area contributed by atoms with Crippen molar-refractivity contribution in [1.29, 1.82) is 5.26 Å². The van der Waals surface area contributed by atoms with Crippen LogP contribution in [0.1, 0.15) is 5.56 Å². The molecule has 5 aromatic heterocycles. The molecule has 0 saturated carbocycles. The summed E-state index contributed by atoms with van der Waals surface area (Å²) >= 11 is 0. The largest absolute Gasteiger partial charge is 0.309 e. The minimum Gasteiger partial charge on any atom is -0.309 e. The highest BCUT2D eigenvalue weighted by atomic mass is 15.1. The Hall–Kier alpha value is -11.7. The van der Waals surface area contributed by atoms with E-state index in [1.165, 1.54) is 32.6 Å². The van der Waals surface area contributed by atoms with Gasteiger partial charge < -0.3 is 22.8 Å². The van der Waals surface area contributed by atoms with Crippen LogP contribution in [0, 0.1) is 11.3 Å². The Kier molecular flexibility index (Phi) is 10.1. The molecule has 13 aromatic carbocycles. The molecule has 0 N–H and O–H groups in total. The van der Waals surface area contributed by atoms with Crippen LogP contribution in [0.3, 0.4) is 0 Å². The van der Waals surface area contributed by atoms with Gasteiger partial charge in [-0.3, -0.25) is 0 Å². The highest BCUT2D eigenvalue weighted by Crippen LogP contribution is 2.50. The van der Waals surface area contributed by atoms with Gasteiger partial charge in [0.2, 0.25) is 0 Å². The SMILES string of the molecule is N#Cc1ccc(-c2cc(-n3c4ccccc4c4ccccc43)c(-n3c4ccccc4c4cc(-c5ccc6c(c5)c5ccccc5n6-c5ccccc5)ccc43)c(-n3c4ccccc4c4ccccc43)c2-n2c3ccccc3c3ccccc32)cc1. The van der Waals surface area contributed by atoms with E-state index in [4.69, 9.17) is 0 Å². The Labute approximate surface area is 488 Å². The van der Waals surface area contributed by atoms with Gasteiger partial charge in [-0.15, -0.1) is 0 Å². The van der Waals surface area contributed by atoms with Crippen molar-refractivity contribution in [3.05, 3.63) is 297 Å². The lowest BCUT2D eigenvalue weighted by Gasteiger charge is -2.28. The number of rotatable bonds is 7. The number of fused-ring (bicyclic) bond motifs is 15. The van der Waals surface area contributed by atoms with Gasteiger partial charge >= 0.3 is 0 Å². The third-order valence-corrected chi connectivity index (χ3v) is 17.9. The summed E-state index contributed by atoms with van der Waals surface area (Å²) in [5, 5.41) is 22.1. The van der Waals surface area contributed by atoms with Crippen molar-refractivity contribution in [2.75, 3.05) is 0 Å². The second kappa shape index (κ2) is 18.2. The summed E-state index contributed by atoms with van der Waals surface area (Å²) in [5.74, 6) is 0. The van der Waals surface area contributed by atoms with E-state index in [1.54, 1.807) is 0 Å². The third-order valence-electron chi connectivity index (χ3n) is 17.9. The summed E-state index contributed by atoms with van der Waals surface area (Å²) in [5.41, 5.74) is 21.1. The fourth-order valence-electron chi connectivity index (χ4n) is 14.3. The fraction of sp³-hybridized carbons (Fsp3) is 0. The number of benzene rings is 13. The lowest BCUT2D eigenvalue weighted by molar-refractivity contribution is 1.02. The van der Waals surface area contributed by atoms with Crippen molar-refractivity contribution in [2.24, 2.45) is 0 Å². The normalized spacial score (nSPS) is 12.0. The van der Waals surface area contributed by atoms with Crippen molar-refractivity contribution in [3.8, 4) is 56.8 Å². The molecule has 0 fully saturated rings. The molecule has 0 aliphatic rings. The van der Waals surface area contributed by atoms with Crippen molar-refractivity contribution in [3.63, 3.8) is 0 Å². The molecule has 18 rings (SSSR count). The molecule has 0 aliphatic heterocycles. The number of hydrogen-bond donors (Lipinski definition) is 0. The molecule has 0 bridgehead atoms. The van der Waals surface area contributed by atoms with Crippen molar-refractivity contribution < 1.29 is 0 Å². The van der Waals surface area contributed by atoms with Gasteiger partial charge in [-0.25, -0.2) is 0 Å². The number of hydrogen-bond acceptors (Lipinski definition) is 1. The number of aromatic nitrogens is 5. The highest BCUT2D eigenvalue weighted by molar-refractivity contribution is 6.17. The molecule has 18 aromatic rings. The molecule has 6 heteroatoms. The van der Waals surface area contributed by atoms with Crippen molar-refractivity contribution in [2.45, 2.75) is 0 Å². The van der Waals surface area contributed by atoms with Crippen LogP contribution in [0.15, 0.2) is 291 Å². The summed E-state index contributed by atoms with van der Waals surface area (Å²) in [4.78, 5) is 0. The molecule has 5 heterocycles. The van der Waals surface area contributed by atoms with Crippen LogP contribution < -0.4 is 0 Å². The topological polar surface area (TPSA) is 48.4 Å². The molecule has 6 nitrogen and oxygen atoms in total. The molecular weight excluding hydrogens is 1030 g/mol. The second-order valence-corrected chi connectivity index (χ2v) is 22.3. The maximum Gasteiger partial charge on any atom is 0.0991 e. The summed E-state index contributed by atoms with van der Waals surface area (Å²) in [6, 6.07) is 109. The Morgan fingerprint density at radius 3 is 0.941 bits per heavy atom. The number of nitrogens with zero attached hydrogens (tertiary/aromatic N) is 6. The zero-order valence-corrected chi connectivity index (χ0v) is 45.9. The van der Waals surface area contributed by atoms with E-state index in [0.717, 1.165) is 127 Å². The average molecular weight is 1080 g/mol. The monoisotopic (exact) mass is 1080 g/mol. The van der Waals surface area contributed by atoms with Crippen LogP contribution in [0.5, 0.6) is 0 Å². The van der Waals surface area contributed by atoms with E-state index in [1.807, 2.05) is 12.1 Å². The van der Waals surface area contributed by atoms with E-state index < -0.39 is 0 Å². The first kappa shape index (κ1) is 47.0. The summed E-state index contributed by atoms with van der Waals surface area (Å²) in [6.07, 6.45) is 0. The number of para-hydroxylation sites is 9. The molecule has 0 unspecified atom stereocenters. The number of nitriles is 1. The molecule has 394 valence electrons. The molecular formula is C79H48N6. The highest BCUT2D eigenvalue weighted by Gasteiger charge is 2.32. The van der Waals surface area contributed by atoms with Gasteiger partial charge in [-0.05, 0) is 120 Å². The Bertz CT molecular complexity index is 5700. The van der Waals surface area contributed by atoms with Gasteiger partial charge in [0.15, 0.2) is 0 Å². The van der Waals surface area contributed by atoms with Gasteiger partial charge in [-0.2, -0.15) is 5.26 Å². The first-order valence-electron chi connectivity index (χ1n) is 29.0. The third kappa shape index (κ3) is 6.75. The summed E-state index contributed by atoms with van der Waals surface area (Å²) in [6.45, 7) is 0. The molecule has 0 saturated heterocycles.